The van der Waals surface area contributed by atoms with Crippen LogP contribution in [0.15, 0.2) is 71.1 Å². The number of nitrogens with one attached hydrogen (secondary N) is 1. The van der Waals surface area contributed by atoms with E-state index in [2.05, 4.69) is 63.7 Å². The third-order valence-corrected chi connectivity index (χ3v) is 17.0. The average molecular weight is 673 g/mol. The molecule has 3 heterocycles. The van der Waals surface area contributed by atoms with E-state index in [0.717, 1.165) is 17.9 Å². The molecule has 2 saturated heterocycles. The molecule has 12 unspecified atom stereocenters. The molecule has 4 nitrogen and oxygen atoms in total. The Hall–Kier alpha value is -2.04. The van der Waals surface area contributed by atoms with E-state index in [0.29, 0.717) is 47.8 Å². The van der Waals surface area contributed by atoms with Gasteiger partial charge in [0.05, 0.1) is 17.1 Å². The minimum Gasteiger partial charge on any atom is -0.368 e. The zero-order valence-electron chi connectivity index (χ0n) is 30.8. The molecule has 11 aliphatic rings. The van der Waals surface area contributed by atoms with Crippen molar-refractivity contribution in [1.82, 2.24) is 15.1 Å². The summed E-state index contributed by atoms with van der Waals surface area (Å²) in [7, 11) is 0. The molecular formula is C46H64N4. The second kappa shape index (κ2) is 12.0. The number of rotatable bonds is 5. The van der Waals surface area contributed by atoms with E-state index in [1.807, 2.05) is 5.57 Å². The Bertz CT molecular complexity index is 1560. The molecular weight excluding hydrogens is 609 g/mol. The highest BCUT2D eigenvalue weighted by Gasteiger charge is 2.87. The van der Waals surface area contributed by atoms with Crippen LogP contribution < -0.4 is 11.1 Å². The number of nitrogens with two attached hydrogens (primary N) is 1. The van der Waals surface area contributed by atoms with Gasteiger partial charge in [0.2, 0.25) is 0 Å². The van der Waals surface area contributed by atoms with Crippen LogP contribution in [-0.4, -0.2) is 51.1 Å². The van der Waals surface area contributed by atoms with Crippen LogP contribution in [0.1, 0.15) is 135 Å². The van der Waals surface area contributed by atoms with Gasteiger partial charge in [0.25, 0.3) is 0 Å². The highest BCUT2D eigenvalue weighted by molar-refractivity contribution is 5.57. The zero-order valence-corrected chi connectivity index (χ0v) is 30.8. The van der Waals surface area contributed by atoms with E-state index < -0.39 is 0 Å². The molecule has 0 spiro atoms. The van der Waals surface area contributed by atoms with Gasteiger partial charge in [-0.15, -0.1) is 0 Å². The molecule has 11 rings (SSSR count). The summed E-state index contributed by atoms with van der Waals surface area (Å²) >= 11 is 0. The number of allylic oxidation sites excluding steroid dienone is 7. The van der Waals surface area contributed by atoms with Crippen LogP contribution in [0.4, 0.5) is 0 Å². The number of fused-ring (bicyclic) bond motifs is 6. The van der Waals surface area contributed by atoms with Gasteiger partial charge in [-0.1, -0.05) is 67.0 Å². The van der Waals surface area contributed by atoms with Crippen molar-refractivity contribution in [2.24, 2.45) is 41.2 Å². The molecule has 268 valence electrons. The quantitative estimate of drug-likeness (QED) is 0.286. The van der Waals surface area contributed by atoms with Crippen LogP contribution in [0.5, 0.6) is 0 Å². The summed E-state index contributed by atoms with van der Waals surface area (Å²) in [5.74, 6) is 4.20. The van der Waals surface area contributed by atoms with Gasteiger partial charge in [0, 0.05) is 53.8 Å². The Morgan fingerprint density at radius 2 is 1.60 bits per heavy atom. The van der Waals surface area contributed by atoms with Gasteiger partial charge < -0.3 is 20.9 Å². The molecule has 0 aromatic carbocycles. The summed E-state index contributed by atoms with van der Waals surface area (Å²) in [5, 5.41) is 4.39. The van der Waals surface area contributed by atoms with Crippen LogP contribution in [0, 0.1) is 35.5 Å². The molecule has 4 heteroatoms. The van der Waals surface area contributed by atoms with Gasteiger partial charge in [-0.05, 0) is 145 Å². The molecule has 50 heavy (non-hydrogen) atoms. The standard InChI is InChI=1S/C46H64N4/c47-45-43(46(45,32-17-5-2-6-18-32)48-44(45)30-15-3-1-4-16-30)31-27-33(49-39-23-11-7-19-35(39)36-20-8-12-24-40(36)49)29-34(28-31)50-41-25-13-9-21-37(41)38-22-10-14-26-42(38)50/h1,3,7,13,17,19,25,28,30-31,33,35,37-39,41-44,48H,2,4-6,8-12,14-16,18,20-24,26-27,29,47H2/t30?,31?,33?,35?,37?,38?,39?,41?,42?,43?,44?,45?,46-/m1/s1. The van der Waals surface area contributed by atoms with E-state index in [1.165, 1.54) is 135 Å². The minimum atomic E-state index is -0.0950. The first-order chi connectivity index (χ1) is 24.7. The van der Waals surface area contributed by atoms with Crippen LogP contribution >= 0.6 is 0 Å². The van der Waals surface area contributed by atoms with Gasteiger partial charge in [0.15, 0.2) is 0 Å². The highest BCUT2D eigenvalue weighted by atomic mass is 15.3. The van der Waals surface area contributed by atoms with Crippen molar-refractivity contribution < 1.29 is 0 Å². The predicted molar refractivity (Wildman–Crippen MR) is 204 cm³/mol. The van der Waals surface area contributed by atoms with Crippen LogP contribution in [0.3, 0.4) is 0 Å². The van der Waals surface area contributed by atoms with Crippen molar-refractivity contribution in [2.45, 2.75) is 176 Å². The molecule has 3 aliphatic heterocycles. The Labute approximate surface area is 302 Å². The fourth-order valence-corrected chi connectivity index (χ4v) is 15.2. The number of hydrogen-bond acceptors (Lipinski definition) is 4. The lowest BCUT2D eigenvalue weighted by Crippen LogP contribution is -2.72. The Balaban J connectivity index is 1.01. The van der Waals surface area contributed by atoms with Gasteiger partial charge in [-0.2, -0.15) is 0 Å². The van der Waals surface area contributed by atoms with Crippen molar-refractivity contribution in [2.75, 3.05) is 0 Å². The molecule has 4 fully saturated rings. The summed E-state index contributed by atoms with van der Waals surface area (Å²) in [4.78, 5) is 6.23. The third kappa shape index (κ3) is 4.36. The predicted octanol–water partition coefficient (Wildman–Crippen LogP) is 9.23. The fraction of sp³-hybridized carbons (Fsp3) is 0.739. The number of hydrogen-bond donors (Lipinski definition) is 2. The Morgan fingerprint density at radius 3 is 2.50 bits per heavy atom. The summed E-state index contributed by atoms with van der Waals surface area (Å²) in [6, 6.07) is 3.13. The van der Waals surface area contributed by atoms with E-state index in [1.54, 1.807) is 17.0 Å². The number of nitrogens with zero attached hydrogens (tertiary/aromatic N) is 2. The first-order valence-corrected chi connectivity index (χ1v) is 21.9. The van der Waals surface area contributed by atoms with Gasteiger partial charge in [0.1, 0.15) is 0 Å². The molecule has 8 aliphatic carbocycles. The molecule has 2 saturated carbocycles. The van der Waals surface area contributed by atoms with Gasteiger partial charge in [-0.3, -0.25) is 0 Å². The SMILES string of the molecule is NC12C(C3CC=CCC3)N[C@]1(C1=CCCCC1)C2C1C=C(N2C3C=CCCC3C3CCCCC32)CC(N2C3=C(CCCC3)C3C=CCCC32)C1. The first-order valence-electron chi connectivity index (χ1n) is 21.9. The van der Waals surface area contributed by atoms with Crippen molar-refractivity contribution in [3.63, 3.8) is 0 Å². The van der Waals surface area contributed by atoms with E-state index in [9.17, 15) is 0 Å². The van der Waals surface area contributed by atoms with Gasteiger partial charge >= 0.3 is 0 Å². The monoisotopic (exact) mass is 673 g/mol. The molecule has 0 bridgehead atoms. The third-order valence-electron chi connectivity index (χ3n) is 17.0. The van der Waals surface area contributed by atoms with Crippen LogP contribution in [0.25, 0.3) is 0 Å². The second-order valence-electron chi connectivity index (χ2n) is 19.0. The van der Waals surface area contributed by atoms with Crippen molar-refractivity contribution in [3.05, 3.63) is 71.1 Å². The van der Waals surface area contributed by atoms with Gasteiger partial charge in [-0.25, -0.2) is 0 Å². The lowest BCUT2D eigenvalue weighted by molar-refractivity contribution is 0.119. The lowest BCUT2D eigenvalue weighted by atomic mass is 9.73. The topological polar surface area (TPSA) is 44.5 Å². The fourth-order valence-electron chi connectivity index (χ4n) is 15.2. The summed E-state index contributed by atoms with van der Waals surface area (Å²) in [6.07, 6.45) is 48.8. The van der Waals surface area contributed by atoms with E-state index in [-0.39, 0.29) is 11.1 Å². The van der Waals surface area contributed by atoms with E-state index >= 15 is 0 Å². The summed E-state index contributed by atoms with van der Waals surface area (Å²) < 4.78 is 0. The maximum Gasteiger partial charge on any atom is 0.0652 e. The van der Waals surface area contributed by atoms with Crippen molar-refractivity contribution in [1.29, 1.82) is 0 Å². The average Bonchev–Trinajstić information content (AvgIpc) is 3.44. The van der Waals surface area contributed by atoms with Crippen molar-refractivity contribution >= 4 is 0 Å². The molecule has 3 N–H and O–H groups in total. The Kier molecular flexibility index (Phi) is 7.55. The minimum absolute atomic E-state index is 0.0372. The first kappa shape index (κ1) is 31.5. The normalized spacial score (nSPS) is 48.9. The highest BCUT2D eigenvalue weighted by Crippen LogP contribution is 2.72. The van der Waals surface area contributed by atoms with Crippen LogP contribution in [-0.2, 0) is 0 Å². The Morgan fingerprint density at radius 1 is 0.740 bits per heavy atom. The summed E-state index contributed by atoms with van der Waals surface area (Å²) in [6.45, 7) is 0. The largest absolute Gasteiger partial charge is 0.368 e. The maximum absolute atomic E-state index is 8.02. The van der Waals surface area contributed by atoms with Crippen molar-refractivity contribution in [3.8, 4) is 0 Å². The van der Waals surface area contributed by atoms with E-state index in [4.69, 9.17) is 5.73 Å². The van der Waals surface area contributed by atoms with Crippen LogP contribution in [0.2, 0.25) is 0 Å². The molecule has 0 radical (unpaired) electrons. The molecule has 0 aromatic heterocycles. The lowest BCUT2D eigenvalue weighted by Gasteiger charge is -2.49. The second-order valence-corrected chi connectivity index (χ2v) is 19.0. The molecule has 0 amide bonds. The summed E-state index contributed by atoms with van der Waals surface area (Å²) in [5.41, 5.74) is 15.0. The zero-order chi connectivity index (χ0) is 33.0. The smallest absolute Gasteiger partial charge is 0.0652 e. The maximum atomic E-state index is 8.02. The molecule has 0 aromatic rings. The number of likely N-dealkylation sites (tertiary alicyclic amines) is 1. The molecule has 13 atom stereocenters.